The van der Waals surface area contributed by atoms with Crippen molar-refractivity contribution in [2.45, 2.75) is 6.42 Å². The number of rotatable bonds is 4. The number of nitrogens with zero attached hydrogens (tertiary/aromatic N) is 5. The summed E-state index contributed by atoms with van der Waals surface area (Å²) in [4.78, 5) is 43.8. The molecule has 1 saturated heterocycles. The van der Waals surface area contributed by atoms with Crippen LogP contribution in [0, 0.1) is 11.7 Å². The van der Waals surface area contributed by atoms with Crippen LogP contribution < -0.4 is 15.9 Å². The van der Waals surface area contributed by atoms with E-state index in [9.17, 15) is 18.8 Å². The molecule has 0 bridgehead atoms. The van der Waals surface area contributed by atoms with Crippen LogP contribution in [0.2, 0.25) is 5.02 Å². The largest absolute Gasteiger partial charge is 0.312 e. The Hall–Kier alpha value is -4.05. The molecule has 4 aromatic rings. The molecule has 9 nitrogen and oxygen atoms in total. The molecule has 1 N–H and O–H groups in total. The minimum atomic E-state index is -0.641. The highest BCUT2D eigenvalue weighted by atomic mass is 35.5. The lowest BCUT2D eigenvalue weighted by molar-refractivity contribution is -0.123. The van der Waals surface area contributed by atoms with Crippen LogP contribution in [0.4, 0.5) is 10.1 Å². The quantitative estimate of drug-likeness (QED) is 0.498. The topological polar surface area (TPSA) is 102 Å². The first-order chi connectivity index (χ1) is 15.9. The SMILES string of the molecule is O=C(Nn1cnc2c(cnn2-c2ccc(F)cc2)c1=O)C1CC(=O)N(c2ccc(Cl)cc2)C1. The van der Waals surface area contributed by atoms with Crippen molar-refractivity contribution in [3.05, 3.63) is 82.2 Å². The van der Waals surface area contributed by atoms with Gasteiger partial charge in [-0.2, -0.15) is 5.10 Å². The molecule has 1 unspecified atom stereocenters. The summed E-state index contributed by atoms with van der Waals surface area (Å²) >= 11 is 5.90. The average Bonchev–Trinajstić information content (AvgIpc) is 3.41. The highest BCUT2D eigenvalue weighted by Crippen LogP contribution is 2.26. The minimum Gasteiger partial charge on any atom is -0.312 e. The van der Waals surface area contributed by atoms with Crippen molar-refractivity contribution in [3.8, 4) is 5.69 Å². The van der Waals surface area contributed by atoms with Crippen LogP contribution >= 0.6 is 11.6 Å². The lowest BCUT2D eigenvalue weighted by atomic mass is 10.1. The number of fused-ring (bicyclic) bond motifs is 1. The van der Waals surface area contributed by atoms with E-state index < -0.39 is 23.2 Å². The Labute approximate surface area is 191 Å². The average molecular weight is 467 g/mol. The van der Waals surface area contributed by atoms with Crippen molar-refractivity contribution in [1.29, 1.82) is 0 Å². The number of aromatic nitrogens is 4. The number of amides is 2. The normalized spacial score (nSPS) is 15.9. The maximum absolute atomic E-state index is 13.2. The molecular weight excluding hydrogens is 451 g/mol. The summed E-state index contributed by atoms with van der Waals surface area (Å²) in [5.41, 5.74) is 3.44. The van der Waals surface area contributed by atoms with Gasteiger partial charge in [0, 0.05) is 23.7 Å². The third-order valence-corrected chi connectivity index (χ3v) is 5.68. The molecule has 166 valence electrons. The summed E-state index contributed by atoms with van der Waals surface area (Å²) in [5, 5.41) is 4.88. The van der Waals surface area contributed by atoms with Crippen molar-refractivity contribution in [2.75, 3.05) is 16.9 Å². The van der Waals surface area contributed by atoms with Gasteiger partial charge < -0.3 is 4.90 Å². The van der Waals surface area contributed by atoms with E-state index in [1.807, 2.05) is 0 Å². The van der Waals surface area contributed by atoms with E-state index in [0.29, 0.717) is 16.4 Å². The first kappa shape index (κ1) is 20.8. The molecule has 0 spiro atoms. The lowest BCUT2D eigenvalue weighted by Gasteiger charge is -2.17. The summed E-state index contributed by atoms with van der Waals surface area (Å²) < 4.78 is 15.6. The Morgan fingerprint density at radius 1 is 1.06 bits per heavy atom. The number of nitrogens with one attached hydrogen (secondary N) is 1. The zero-order chi connectivity index (χ0) is 23.1. The Balaban J connectivity index is 1.36. The fourth-order valence-corrected chi connectivity index (χ4v) is 3.85. The van der Waals surface area contributed by atoms with Crippen LogP contribution in [-0.4, -0.2) is 37.8 Å². The van der Waals surface area contributed by atoms with E-state index >= 15 is 0 Å². The number of halogens is 2. The minimum absolute atomic E-state index is 0.0153. The van der Waals surface area contributed by atoms with Crippen molar-refractivity contribution < 1.29 is 14.0 Å². The number of anilines is 1. The molecule has 0 aliphatic carbocycles. The van der Waals surface area contributed by atoms with Gasteiger partial charge in [-0.1, -0.05) is 11.6 Å². The summed E-state index contributed by atoms with van der Waals surface area (Å²) in [6, 6.07) is 12.3. The zero-order valence-electron chi connectivity index (χ0n) is 17.0. The van der Waals surface area contributed by atoms with Crippen LogP contribution in [0.15, 0.2) is 65.8 Å². The second kappa shape index (κ2) is 8.14. The Morgan fingerprint density at radius 2 is 1.76 bits per heavy atom. The third-order valence-electron chi connectivity index (χ3n) is 5.42. The Bertz CT molecular complexity index is 1430. The monoisotopic (exact) mass is 466 g/mol. The molecule has 1 aliphatic rings. The zero-order valence-corrected chi connectivity index (χ0v) is 17.7. The van der Waals surface area contributed by atoms with Crippen LogP contribution in [0.25, 0.3) is 16.7 Å². The van der Waals surface area contributed by atoms with E-state index in [0.717, 1.165) is 4.68 Å². The van der Waals surface area contributed by atoms with E-state index in [1.54, 1.807) is 24.3 Å². The highest BCUT2D eigenvalue weighted by Gasteiger charge is 2.35. The number of benzene rings is 2. The van der Waals surface area contributed by atoms with Crippen molar-refractivity contribution in [2.24, 2.45) is 5.92 Å². The first-order valence-electron chi connectivity index (χ1n) is 9.99. The molecule has 2 amide bonds. The summed E-state index contributed by atoms with van der Waals surface area (Å²) in [6.45, 7) is 0.180. The number of carbonyl (C=O) groups excluding carboxylic acids is 2. The number of hydrogen-bond acceptors (Lipinski definition) is 5. The van der Waals surface area contributed by atoms with Crippen LogP contribution in [0.3, 0.4) is 0 Å². The van der Waals surface area contributed by atoms with E-state index in [4.69, 9.17) is 11.6 Å². The third kappa shape index (κ3) is 3.85. The van der Waals surface area contributed by atoms with Crippen molar-refractivity contribution >= 4 is 40.1 Å². The van der Waals surface area contributed by atoms with Gasteiger partial charge in [0.1, 0.15) is 17.5 Å². The molecule has 2 aromatic carbocycles. The fraction of sp³-hybridized carbons (Fsp3) is 0.136. The van der Waals surface area contributed by atoms with Gasteiger partial charge in [-0.3, -0.25) is 19.8 Å². The van der Waals surface area contributed by atoms with Crippen LogP contribution in [0.1, 0.15) is 6.42 Å². The van der Waals surface area contributed by atoms with Crippen molar-refractivity contribution in [1.82, 2.24) is 19.4 Å². The molecule has 2 aromatic heterocycles. The molecule has 0 saturated carbocycles. The molecule has 1 atom stereocenters. The predicted octanol–water partition coefficient (Wildman–Crippen LogP) is 2.50. The molecule has 3 heterocycles. The number of carbonyl (C=O) groups is 2. The molecular formula is C22H16ClFN6O3. The van der Waals surface area contributed by atoms with Crippen LogP contribution in [0.5, 0.6) is 0 Å². The second-order valence-corrected chi connectivity index (χ2v) is 7.98. The maximum atomic E-state index is 13.2. The molecule has 33 heavy (non-hydrogen) atoms. The summed E-state index contributed by atoms with van der Waals surface area (Å²) in [5.74, 6) is -1.71. The maximum Gasteiger partial charge on any atom is 0.283 e. The standard InChI is InChI=1S/C22H16ClFN6O3/c23-14-1-5-16(6-2-14)28-11-13(9-19(28)31)21(32)27-29-12-25-20-18(22(29)33)10-26-30(20)17-7-3-15(24)4-8-17/h1-8,10,12-13H,9,11H2,(H,27,32). The van der Waals surface area contributed by atoms with Gasteiger partial charge in [0.05, 0.1) is 17.8 Å². The number of hydrogen-bond donors (Lipinski definition) is 1. The fourth-order valence-electron chi connectivity index (χ4n) is 3.73. The van der Waals surface area contributed by atoms with Crippen molar-refractivity contribution in [3.63, 3.8) is 0 Å². The van der Waals surface area contributed by atoms with E-state index in [2.05, 4.69) is 15.5 Å². The smallest absolute Gasteiger partial charge is 0.283 e. The highest BCUT2D eigenvalue weighted by molar-refractivity contribution is 6.30. The van der Waals surface area contributed by atoms with Gasteiger partial charge in [0.25, 0.3) is 5.56 Å². The van der Waals surface area contributed by atoms with Gasteiger partial charge in [0.2, 0.25) is 11.8 Å². The first-order valence-corrected chi connectivity index (χ1v) is 10.4. The van der Waals surface area contributed by atoms with Gasteiger partial charge >= 0.3 is 0 Å². The Kier molecular flexibility index (Phi) is 5.14. The lowest BCUT2D eigenvalue weighted by Crippen LogP contribution is -2.37. The summed E-state index contributed by atoms with van der Waals surface area (Å²) in [7, 11) is 0. The van der Waals surface area contributed by atoms with Gasteiger partial charge in [-0.15, -0.1) is 0 Å². The molecule has 1 aliphatic heterocycles. The van der Waals surface area contributed by atoms with Gasteiger partial charge in [-0.25, -0.2) is 18.7 Å². The van der Waals surface area contributed by atoms with E-state index in [-0.39, 0.29) is 29.9 Å². The van der Waals surface area contributed by atoms with E-state index in [1.165, 1.54) is 46.4 Å². The Morgan fingerprint density at radius 3 is 2.48 bits per heavy atom. The summed E-state index contributed by atoms with van der Waals surface area (Å²) in [6.07, 6.45) is 2.53. The van der Waals surface area contributed by atoms with Gasteiger partial charge in [0.15, 0.2) is 5.65 Å². The van der Waals surface area contributed by atoms with Crippen LogP contribution in [-0.2, 0) is 9.59 Å². The molecule has 1 fully saturated rings. The predicted molar refractivity (Wildman–Crippen MR) is 119 cm³/mol. The second-order valence-electron chi connectivity index (χ2n) is 7.55. The molecule has 11 heteroatoms. The molecule has 5 rings (SSSR count). The van der Waals surface area contributed by atoms with Gasteiger partial charge in [-0.05, 0) is 48.5 Å². The molecule has 0 radical (unpaired) electrons.